The van der Waals surface area contributed by atoms with E-state index in [0.717, 1.165) is 44.7 Å². The number of nitrogens with zero attached hydrogens (tertiary/aromatic N) is 2. The van der Waals surface area contributed by atoms with Crippen molar-refractivity contribution in [3.63, 3.8) is 0 Å². The Morgan fingerprint density at radius 1 is 1.08 bits per heavy atom. The van der Waals surface area contributed by atoms with Gasteiger partial charge in [0.25, 0.3) is 0 Å². The van der Waals surface area contributed by atoms with Crippen LogP contribution in [0.15, 0.2) is 18.2 Å². The van der Waals surface area contributed by atoms with Gasteiger partial charge < -0.3 is 14.5 Å². The zero-order valence-corrected chi connectivity index (χ0v) is 16.6. The second-order valence-corrected chi connectivity index (χ2v) is 8.88. The number of fused-ring (bicyclic) bond motifs is 1. The van der Waals surface area contributed by atoms with E-state index in [1.165, 1.54) is 0 Å². The molecule has 0 bridgehead atoms. The van der Waals surface area contributed by atoms with Gasteiger partial charge in [-0.3, -0.25) is 0 Å². The van der Waals surface area contributed by atoms with Crippen LogP contribution in [0.5, 0.6) is 0 Å². The highest BCUT2D eigenvalue weighted by molar-refractivity contribution is 6.42. The van der Waals surface area contributed by atoms with Crippen molar-refractivity contribution in [1.82, 2.24) is 4.90 Å². The lowest BCUT2D eigenvalue weighted by atomic mass is 9.92. The molecule has 0 spiro atoms. The standard InChI is InChI=1S/C19H26Cl2N2O2/c1-19(2,3)25-18(24)23-11-13-6-8-22(9-7-14(13)12-23)15-4-5-16(20)17(21)10-15/h4-5,10,13-14H,6-9,11-12H2,1-3H3. The number of amides is 1. The molecule has 3 rings (SSSR count). The third-order valence-corrected chi connectivity index (χ3v) is 5.78. The summed E-state index contributed by atoms with van der Waals surface area (Å²) in [5.41, 5.74) is 0.685. The van der Waals surface area contributed by atoms with Gasteiger partial charge in [-0.05, 0) is 63.6 Å². The van der Waals surface area contributed by atoms with Crippen molar-refractivity contribution in [2.75, 3.05) is 31.1 Å². The molecule has 0 saturated carbocycles. The van der Waals surface area contributed by atoms with E-state index in [2.05, 4.69) is 4.90 Å². The van der Waals surface area contributed by atoms with Crippen molar-refractivity contribution in [1.29, 1.82) is 0 Å². The number of rotatable bonds is 1. The van der Waals surface area contributed by atoms with Crippen LogP contribution < -0.4 is 4.90 Å². The van der Waals surface area contributed by atoms with Gasteiger partial charge in [0.1, 0.15) is 5.60 Å². The molecule has 0 aromatic heterocycles. The lowest BCUT2D eigenvalue weighted by Crippen LogP contribution is -2.36. The molecule has 0 aliphatic carbocycles. The van der Waals surface area contributed by atoms with Crippen molar-refractivity contribution in [2.24, 2.45) is 11.8 Å². The van der Waals surface area contributed by atoms with Gasteiger partial charge in [0, 0.05) is 31.9 Å². The smallest absolute Gasteiger partial charge is 0.410 e. The Hall–Kier alpha value is -1.13. The van der Waals surface area contributed by atoms with Crippen LogP contribution >= 0.6 is 23.2 Å². The molecule has 0 N–H and O–H groups in total. The fourth-order valence-corrected chi connectivity index (χ4v) is 4.06. The Bertz CT molecular complexity index is 629. The minimum atomic E-state index is -0.438. The van der Waals surface area contributed by atoms with Gasteiger partial charge in [-0.15, -0.1) is 0 Å². The maximum Gasteiger partial charge on any atom is 0.410 e. The van der Waals surface area contributed by atoms with E-state index >= 15 is 0 Å². The summed E-state index contributed by atoms with van der Waals surface area (Å²) < 4.78 is 5.52. The van der Waals surface area contributed by atoms with Crippen molar-refractivity contribution in [3.8, 4) is 0 Å². The van der Waals surface area contributed by atoms with Crippen molar-refractivity contribution >= 4 is 35.0 Å². The Kier molecular flexibility index (Phi) is 5.40. The summed E-state index contributed by atoms with van der Waals surface area (Å²) >= 11 is 12.2. The van der Waals surface area contributed by atoms with Crippen LogP contribution in [0.1, 0.15) is 33.6 Å². The minimum absolute atomic E-state index is 0.179. The maximum atomic E-state index is 12.3. The number of likely N-dealkylation sites (tertiary alicyclic amines) is 1. The summed E-state index contributed by atoms with van der Waals surface area (Å²) in [6.45, 7) is 9.28. The molecule has 2 atom stereocenters. The highest BCUT2D eigenvalue weighted by atomic mass is 35.5. The van der Waals surface area contributed by atoms with Crippen molar-refractivity contribution in [2.45, 2.75) is 39.2 Å². The zero-order valence-electron chi connectivity index (χ0n) is 15.1. The van der Waals surface area contributed by atoms with Crippen LogP contribution in [0.3, 0.4) is 0 Å². The zero-order chi connectivity index (χ0) is 18.2. The Morgan fingerprint density at radius 2 is 1.68 bits per heavy atom. The third-order valence-electron chi connectivity index (χ3n) is 5.04. The van der Waals surface area contributed by atoms with E-state index in [9.17, 15) is 4.79 Å². The monoisotopic (exact) mass is 384 g/mol. The summed E-state index contributed by atoms with van der Waals surface area (Å²) in [4.78, 5) is 16.6. The van der Waals surface area contributed by atoms with Crippen molar-refractivity contribution < 1.29 is 9.53 Å². The lowest BCUT2D eigenvalue weighted by molar-refractivity contribution is 0.0283. The number of halogens is 2. The summed E-state index contributed by atoms with van der Waals surface area (Å²) in [5, 5.41) is 1.19. The van der Waals surface area contributed by atoms with E-state index < -0.39 is 5.60 Å². The highest BCUT2D eigenvalue weighted by Gasteiger charge is 2.38. The first kappa shape index (κ1) is 18.7. The highest BCUT2D eigenvalue weighted by Crippen LogP contribution is 2.35. The summed E-state index contributed by atoms with van der Waals surface area (Å²) in [5.74, 6) is 1.08. The van der Waals surface area contributed by atoms with Gasteiger partial charge in [-0.25, -0.2) is 4.79 Å². The molecule has 6 heteroatoms. The summed E-state index contributed by atoms with van der Waals surface area (Å²) in [6.07, 6.45) is 1.97. The van der Waals surface area contributed by atoms with E-state index in [-0.39, 0.29) is 6.09 Å². The van der Waals surface area contributed by atoms with E-state index in [1.807, 2.05) is 43.9 Å². The molecule has 2 saturated heterocycles. The van der Waals surface area contributed by atoms with Crippen LogP contribution in [-0.2, 0) is 4.74 Å². The Balaban J connectivity index is 1.60. The van der Waals surface area contributed by atoms with Gasteiger partial charge in [-0.1, -0.05) is 23.2 Å². The van der Waals surface area contributed by atoms with Gasteiger partial charge in [0.05, 0.1) is 10.0 Å². The average Bonchev–Trinajstić information content (AvgIpc) is 2.83. The number of hydrogen-bond donors (Lipinski definition) is 0. The summed E-state index contributed by atoms with van der Waals surface area (Å²) in [6, 6.07) is 5.83. The van der Waals surface area contributed by atoms with E-state index in [1.54, 1.807) is 0 Å². The van der Waals surface area contributed by atoms with Gasteiger partial charge >= 0.3 is 6.09 Å². The van der Waals surface area contributed by atoms with Crippen LogP contribution in [0.4, 0.5) is 10.5 Å². The number of carbonyl (C=O) groups is 1. The van der Waals surface area contributed by atoms with Crippen LogP contribution in [-0.4, -0.2) is 42.8 Å². The maximum absolute atomic E-state index is 12.3. The number of hydrogen-bond acceptors (Lipinski definition) is 3. The normalized spacial score (nSPS) is 24.0. The molecule has 2 fully saturated rings. The summed E-state index contributed by atoms with van der Waals surface area (Å²) in [7, 11) is 0. The predicted octanol–water partition coefficient (Wildman–Crippen LogP) is 5.08. The second kappa shape index (κ2) is 7.24. The first-order valence-corrected chi connectivity index (χ1v) is 9.66. The number of carbonyl (C=O) groups excluding carboxylic acids is 1. The Labute approximate surface area is 160 Å². The molecular formula is C19H26Cl2N2O2. The number of benzene rings is 1. The fraction of sp³-hybridized carbons (Fsp3) is 0.632. The van der Waals surface area contributed by atoms with Crippen LogP contribution in [0.25, 0.3) is 0 Å². The molecule has 2 aliphatic rings. The second-order valence-electron chi connectivity index (χ2n) is 8.07. The van der Waals surface area contributed by atoms with Gasteiger partial charge in [0.15, 0.2) is 0 Å². The molecule has 1 amide bonds. The molecule has 4 nitrogen and oxygen atoms in total. The predicted molar refractivity (Wildman–Crippen MR) is 103 cm³/mol. The molecule has 1 aromatic rings. The molecule has 25 heavy (non-hydrogen) atoms. The molecule has 2 heterocycles. The average molecular weight is 385 g/mol. The molecule has 2 aliphatic heterocycles. The molecule has 1 aromatic carbocycles. The SMILES string of the molecule is CC(C)(C)OC(=O)N1CC2CCN(c3ccc(Cl)c(Cl)c3)CCC2C1. The lowest BCUT2D eigenvalue weighted by Gasteiger charge is -2.26. The van der Waals surface area contributed by atoms with Gasteiger partial charge in [0.2, 0.25) is 0 Å². The van der Waals surface area contributed by atoms with E-state index in [0.29, 0.717) is 21.9 Å². The first-order valence-electron chi connectivity index (χ1n) is 8.91. The first-order chi connectivity index (χ1) is 11.7. The molecule has 2 unspecified atom stereocenters. The topological polar surface area (TPSA) is 32.8 Å². The molecule has 138 valence electrons. The third kappa shape index (κ3) is 4.53. The van der Waals surface area contributed by atoms with E-state index in [4.69, 9.17) is 27.9 Å². The molecular weight excluding hydrogens is 359 g/mol. The number of ether oxygens (including phenoxy) is 1. The van der Waals surface area contributed by atoms with Crippen LogP contribution in [0.2, 0.25) is 10.0 Å². The molecule has 0 radical (unpaired) electrons. The fourth-order valence-electron chi connectivity index (χ4n) is 3.76. The quantitative estimate of drug-likeness (QED) is 0.676. The van der Waals surface area contributed by atoms with Crippen molar-refractivity contribution in [3.05, 3.63) is 28.2 Å². The Morgan fingerprint density at radius 3 is 2.20 bits per heavy atom. The number of anilines is 1. The van der Waals surface area contributed by atoms with Crippen LogP contribution in [0, 0.1) is 11.8 Å². The van der Waals surface area contributed by atoms with Gasteiger partial charge in [-0.2, -0.15) is 0 Å². The largest absolute Gasteiger partial charge is 0.444 e. The minimum Gasteiger partial charge on any atom is -0.444 e.